The first-order valence-corrected chi connectivity index (χ1v) is 12.0. The van der Waals surface area contributed by atoms with Crippen LogP contribution in [0.2, 0.25) is 0 Å². The topological polar surface area (TPSA) is 98.0 Å². The predicted octanol–water partition coefficient (Wildman–Crippen LogP) is 5.88. The van der Waals surface area contributed by atoms with Gasteiger partial charge in [0.25, 0.3) is 0 Å². The molecule has 5 rings (SSSR count). The molecule has 0 unspecified atom stereocenters. The first kappa shape index (κ1) is 22.3. The van der Waals surface area contributed by atoms with E-state index in [1.54, 1.807) is 0 Å². The van der Waals surface area contributed by atoms with E-state index < -0.39 is 11.2 Å². The Kier molecular flexibility index (Phi) is 5.12. The van der Waals surface area contributed by atoms with Crippen LogP contribution in [0, 0.1) is 0 Å². The Bertz CT molecular complexity index is 1350. The number of carbonyl (C=O) groups is 1. The second kappa shape index (κ2) is 7.79. The van der Waals surface area contributed by atoms with Crippen LogP contribution in [-0.2, 0) is 24.7 Å². The molecule has 0 aromatic heterocycles. The van der Waals surface area contributed by atoms with Crippen LogP contribution in [0.1, 0.15) is 83.8 Å². The van der Waals surface area contributed by atoms with Gasteiger partial charge in [-0.1, -0.05) is 39.7 Å². The Balaban J connectivity index is 1.71. The van der Waals surface area contributed by atoms with Gasteiger partial charge >= 0.3 is 0 Å². The van der Waals surface area contributed by atoms with Gasteiger partial charge < -0.3 is 20.4 Å². The van der Waals surface area contributed by atoms with Gasteiger partial charge in [-0.15, -0.1) is 0 Å². The van der Waals surface area contributed by atoms with Gasteiger partial charge in [0.05, 0.1) is 11.1 Å². The second-order valence-corrected chi connectivity index (χ2v) is 10.1. The van der Waals surface area contributed by atoms with Crippen LogP contribution in [0.3, 0.4) is 0 Å². The van der Waals surface area contributed by atoms with E-state index >= 15 is 0 Å². The zero-order valence-corrected chi connectivity index (χ0v) is 19.8. The van der Waals surface area contributed by atoms with Crippen LogP contribution in [0.4, 0.5) is 0 Å². The van der Waals surface area contributed by atoms with E-state index in [1.165, 1.54) is 6.07 Å². The molecular formula is C29H30O5. The molecule has 0 aliphatic heterocycles. The molecule has 0 amide bonds. The van der Waals surface area contributed by atoms with E-state index in [2.05, 4.69) is 13.0 Å². The van der Waals surface area contributed by atoms with Gasteiger partial charge in [-0.25, -0.2) is 0 Å². The monoisotopic (exact) mass is 458 g/mol. The average Bonchev–Trinajstić information content (AvgIpc) is 2.77. The van der Waals surface area contributed by atoms with E-state index in [0.717, 1.165) is 48.4 Å². The molecule has 0 radical (unpaired) electrons. The van der Waals surface area contributed by atoms with Crippen LogP contribution in [-0.4, -0.2) is 26.2 Å². The fourth-order valence-electron chi connectivity index (χ4n) is 5.76. The Morgan fingerprint density at radius 3 is 2.26 bits per heavy atom. The van der Waals surface area contributed by atoms with Crippen LogP contribution < -0.4 is 0 Å². The van der Waals surface area contributed by atoms with Crippen molar-refractivity contribution in [3.8, 4) is 34.1 Å². The molecule has 5 heteroatoms. The van der Waals surface area contributed by atoms with Gasteiger partial charge in [0, 0.05) is 22.6 Å². The molecule has 4 N–H and O–H groups in total. The second-order valence-electron chi connectivity index (χ2n) is 10.1. The number of carbonyl (C=O) groups excluding carboxylic acids is 1. The van der Waals surface area contributed by atoms with E-state index in [-0.39, 0.29) is 34.1 Å². The van der Waals surface area contributed by atoms with Gasteiger partial charge in [0.15, 0.2) is 0 Å². The number of unbranched alkanes of at least 4 members (excludes halogenated alkanes) is 2. The van der Waals surface area contributed by atoms with Crippen molar-refractivity contribution in [2.45, 2.75) is 64.7 Å². The summed E-state index contributed by atoms with van der Waals surface area (Å²) in [6.45, 7) is 5.98. The summed E-state index contributed by atoms with van der Waals surface area (Å²) in [4.78, 5) is 13.5. The molecular weight excluding hydrogens is 428 g/mol. The highest BCUT2D eigenvalue weighted by molar-refractivity contribution is 6.17. The quantitative estimate of drug-likeness (QED) is 0.366. The maximum absolute atomic E-state index is 13.5. The Morgan fingerprint density at radius 1 is 0.824 bits per heavy atom. The third kappa shape index (κ3) is 3.17. The molecule has 3 aromatic carbocycles. The standard InChI is InChI=1S/C29H30O5/c1-4-5-6-7-15-10-16-8-9-18-19(24(16)22(31)11-15)14-21-26(27(18)33)28(34)25-20(29(21,2)3)12-17(30)13-23(25)32/h10-14,30-33H,4-9H2,1-3H3. The summed E-state index contributed by atoms with van der Waals surface area (Å²) < 4.78 is 0. The third-order valence-electron chi connectivity index (χ3n) is 7.55. The zero-order chi connectivity index (χ0) is 24.4. The Labute approximate surface area is 199 Å². The van der Waals surface area contributed by atoms with Crippen LogP contribution >= 0.6 is 0 Å². The zero-order valence-electron chi connectivity index (χ0n) is 19.8. The molecule has 0 heterocycles. The lowest BCUT2D eigenvalue weighted by atomic mass is 9.66. The Hall–Kier alpha value is -3.47. The molecule has 34 heavy (non-hydrogen) atoms. The molecule has 0 fully saturated rings. The van der Waals surface area contributed by atoms with Crippen molar-refractivity contribution in [2.75, 3.05) is 0 Å². The van der Waals surface area contributed by atoms with E-state index in [9.17, 15) is 25.2 Å². The van der Waals surface area contributed by atoms with Crippen molar-refractivity contribution in [3.05, 3.63) is 69.3 Å². The molecule has 0 bridgehead atoms. The first-order valence-electron chi connectivity index (χ1n) is 12.0. The third-order valence-corrected chi connectivity index (χ3v) is 7.55. The molecule has 2 aliphatic carbocycles. The summed E-state index contributed by atoms with van der Waals surface area (Å²) in [7, 11) is 0. The van der Waals surface area contributed by atoms with E-state index in [4.69, 9.17) is 0 Å². The van der Waals surface area contributed by atoms with Gasteiger partial charge in [-0.3, -0.25) is 4.79 Å². The van der Waals surface area contributed by atoms with Crippen molar-refractivity contribution < 1.29 is 25.2 Å². The number of aryl methyl sites for hydroxylation is 2. The normalized spacial score (nSPS) is 15.3. The minimum Gasteiger partial charge on any atom is -0.508 e. The molecule has 176 valence electrons. The number of hydrogen-bond acceptors (Lipinski definition) is 5. The highest BCUT2D eigenvalue weighted by Gasteiger charge is 2.42. The number of hydrogen-bond donors (Lipinski definition) is 4. The Morgan fingerprint density at radius 2 is 1.53 bits per heavy atom. The fourth-order valence-corrected chi connectivity index (χ4v) is 5.76. The highest BCUT2D eigenvalue weighted by Crippen LogP contribution is 2.52. The lowest BCUT2D eigenvalue weighted by Gasteiger charge is -2.37. The lowest BCUT2D eigenvalue weighted by Crippen LogP contribution is -2.31. The molecule has 3 aromatic rings. The molecule has 0 spiro atoms. The minimum atomic E-state index is -0.769. The summed E-state index contributed by atoms with van der Waals surface area (Å²) in [6.07, 6.45) is 5.51. The summed E-state index contributed by atoms with van der Waals surface area (Å²) >= 11 is 0. The molecule has 0 atom stereocenters. The number of aromatic hydroxyl groups is 4. The number of benzene rings is 3. The molecule has 5 nitrogen and oxygen atoms in total. The highest BCUT2D eigenvalue weighted by atomic mass is 16.3. The number of ketones is 1. The van der Waals surface area contributed by atoms with Crippen molar-refractivity contribution in [2.24, 2.45) is 0 Å². The van der Waals surface area contributed by atoms with Gasteiger partial charge in [-0.05, 0) is 71.7 Å². The number of phenols is 4. The van der Waals surface area contributed by atoms with Crippen molar-refractivity contribution >= 4 is 5.78 Å². The number of rotatable bonds is 4. The predicted molar refractivity (Wildman–Crippen MR) is 131 cm³/mol. The van der Waals surface area contributed by atoms with Gasteiger partial charge in [0.1, 0.15) is 23.0 Å². The molecule has 0 saturated heterocycles. The largest absolute Gasteiger partial charge is 0.508 e. The average molecular weight is 459 g/mol. The smallest absolute Gasteiger partial charge is 0.201 e. The minimum absolute atomic E-state index is 0.0826. The maximum atomic E-state index is 13.5. The van der Waals surface area contributed by atoms with E-state index in [0.29, 0.717) is 35.1 Å². The maximum Gasteiger partial charge on any atom is 0.201 e. The molecule has 0 saturated carbocycles. The number of fused-ring (bicyclic) bond motifs is 5. The first-order chi connectivity index (χ1) is 16.1. The SMILES string of the molecule is CCCCCc1cc(O)c2c(c1)CCc1c-2cc2c(c1O)C(=O)c1c(O)cc(O)cc1C2(C)C. The summed E-state index contributed by atoms with van der Waals surface area (Å²) in [5.41, 5.74) is 4.92. The summed E-state index contributed by atoms with van der Waals surface area (Å²) in [5, 5.41) is 42.9. The lowest BCUT2D eigenvalue weighted by molar-refractivity contribution is 0.102. The number of phenolic OH excluding ortho intramolecular Hbond substituents is 4. The fraction of sp³-hybridized carbons (Fsp3) is 0.345. The summed E-state index contributed by atoms with van der Waals surface area (Å²) in [5.74, 6) is -0.764. The molecule has 2 aliphatic rings. The van der Waals surface area contributed by atoms with Crippen molar-refractivity contribution in [1.82, 2.24) is 0 Å². The van der Waals surface area contributed by atoms with Crippen LogP contribution in [0.5, 0.6) is 23.0 Å². The van der Waals surface area contributed by atoms with E-state index in [1.807, 2.05) is 26.0 Å². The van der Waals surface area contributed by atoms with Gasteiger partial charge in [0.2, 0.25) is 5.78 Å². The van der Waals surface area contributed by atoms with Gasteiger partial charge in [-0.2, -0.15) is 0 Å². The van der Waals surface area contributed by atoms with Crippen molar-refractivity contribution in [1.29, 1.82) is 0 Å². The van der Waals surface area contributed by atoms with Crippen molar-refractivity contribution in [3.63, 3.8) is 0 Å². The summed E-state index contributed by atoms with van der Waals surface area (Å²) in [6, 6.07) is 8.54. The van der Waals surface area contributed by atoms with Crippen LogP contribution in [0.15, 0.2) is 30.3 Å². The van der Waals surface area contributed by atoms with Crippen LogP contribution in [0.25, 0.3) is 11.1 Å².